The highest BCUT2D eigenvalue weighted by molar-refractivity contribution is 5.48. The van der Waals surface area contributed by atoms with Crippen LogP contribution < -0.4 is 10.1 Å². The monoisotopic (exact) mass is 294 g/mol. The van der Waals surface area contributed by atoms with Crippen molar-refractivity contribution in [3.05, 3.63) is 64.2 Å². The smallest absolute Gasteiger partial charge is 0.387 e. The van der Waals surface area contributed by atoms with Gasteiger partial charge in [-0.1, -0.05) is 12.1 Å². The Hall–Kier alpha value is -2.70. The van der Waals surface area contributed by atoms with E-state index < -0.39 is 11.5 Å². The van der Waals surface area contributed by atoms with E-state index in [1.165, 1.54) is 24.3 Å². The minimum atomic E-state index is -2.84. The molecule has 0 aliphatic heterocycles. The van der Waals surface area contributed by atoms with E-state index >= 15 is 0 Å². The van der Waals surface area contributed by atoms with Gasteiger partial charge in [0.1, 0.15) is 5.75 Å². The van der Waals surface area contributed by atoms with Gasteiger partial charge < -0.3 is 10.1 Å². The summed E-state index contributed by atoms with van der Waals surface area (Å²) in [6.45, 7) is -2.37. The number of halogens is 2. The van der Waals surface area contributed by atoms with Crippen molar-refractivity contribution in [3.63, 3.8) is 0 Å². The highest BCUT2D eigenvalue weighted by Gasteiger charge is 2.05. The fourth-order valence-corrected chi connectivity index (χ4v) is 1.69. The van der Waals surface area contributed by atoms with E-state index in [1.54, 1.807) is 24.3 Å². The number of nitrogens with one attached hydrogen (secondary N) is 1. The minimum Gasteiger partial charge on any atom is -0.435 e. The van der Waals surface area contributed by atoms with Crippen molar-refractivity contribution < 1.29 is 18.4 Å². The Morgan fingerprint density at radius 2 is 1.71 bits per heavy atom. The molecule has 0 radical (unpaired) electrons. The number of ether oxygens (including phenoxy) is 1. The topological polar surface area (TPSA) is 64.4 Å². The first-order chi connectivity index (χ1) is 10.0. The molecule has 110 valence electrons. The maximum atomic E-state index is 12.0. The summed E-state index contributed by atoms with van der Waals surface area (Å²) in [5.74, 6) is 0.101. The molecule has 2 aromatic rings. The molecule has 0 atom stereocenters. The Labute approximate surface area is 119 Å². The molecule has 5 nitrogen and oxygen atoms in total. The third kappa shape index (κ3) is 4.41. The van der Waals surface area contributed by atoms with E-state index in [4.69, 9.17) is 0 Å². The van der Waals surface area contributed by atoms with Gasteiger partial charge in [-0.15, -0.1) is 0 Å². The second-order valence-electron chi connectivity index (χ2n) is 4.18. The maximum Gasteiger partial charge on any atom is 0.387 e. The Morgan fingerprint density at radius 3 is 2.24 bits per heavy atom. The lowest BCUT2D eigenvalue weighted by molar-refractivity contribution is -0.384. The number of benzene rings is 2. The standard InChI is InChI=1S/C14H12F2N2O3/c15-14(16)21-13-7-1-10(2-8-13)9-17-11-3-5-12(6-4-11)18(19)20/h1-8,14,17H,9H2. The van der Waals surface area contributed by atoms with E-state index in [0.29, 0.717) is 6.54 Å². The van der Waals surface area contributed by atoms with Crippen LogP contribution in [0.2, 0.25) is 0 Å². The first-order valence-corrected chi connectivity index (χ1v) is 6.06. The summed E-state index contributed by atoms with van der Waals surface area (Å²) in [5.41, 5.74) is 1.62. The second-order valence-corrected chi connectivity index (χ2v) is 4.18. The molecule has 0 aliphatic carbocycles. The van der Waals surface area contributed by atoms with Crippen LogP contribution >= 0.6 is 0 Å². The SMILES string of the molecule is O=[N+]([O-])c1ccc(NCc2ccc(OC(F)F)cc2)cc1. The molecule has 21 heavy (non-hydrogen) atoms. The predicted octanol–water partition coefficient (Wildman–Crippen LogP) is 3.81. The van der Waals surface area contributed by atoms with Gasteiger partial charge in [-0.3, -0.25) is 10.1 Å². The third-order valence-corrected chi connectivity index (χ3v) is 2.72. The number of alkyl halides is 2. The molecule has 0 amide bonds. The molecule has 0 saturated carbocycles. The normalized spacial score (nSPS) is 10.4. The minimum absolute atomic E-state index is 0.0223. The zero-order valence-electron chi connectivity index (χ0n) is 10.8. The van der Waals surface area contributed by atoms with Crippen molar-refractivity contribution >= 4 is 11.4 Å². The fourth-order valence-electron chi connectivity index (χ4n) is 1.69. The maximum absolute atomic E-state index is 12.0. The van der Waals surface area contributed by atoms with E-state index in [-0.39, 0.29) is 11.4 Å². The molecule has 0 heterocycles. The van der Waals surface area contributed by atoms with Crippen LogP contribution in [0.4, 0.5) is 20.2 Å². The van der Waals surface area contributed by atoms with Gasteiger partial charge >= 0.3 is 6.61 Å². The van der Waals surface area contributed by atoms with Crippen LogP contribution in [0.25, 0.3) is 0 Å². The summed E-state index contributed by atoms with van der Waals surface area (Å²) in [5, 5.41) is 13.6. The average Bonchev–Trinajstić information content (AvgIpc) is 2.46. The molecule has 0 aromatic heterocycles. The van der Waals surface area contributed by atoms with Crippen molar-refractivity contribution in [1.82, 2.24) is 0 Å². The molecule has 0 bridgehead atoms. The molecular weight excluding hydrogens is 282 g/mol. The third-order valence-electron chi connectivity index (χ3n) is 2.72. The molecule has 7 heteroatoms. The first kappa shape index (κ1) is 14.7. The average molecular weight is 294 g/mol. The van der Waals surface area contributed by atoms with Gasteiger partial charge in [0.15, 0.2) is 0 Å². The predicted molar refractivity (Wildman–Crippen MR) is 73.5 cm³/mol. The number of rotatable bonds is 6. The molecular formula is C14H12F2N2O3. The number of hydrogen-bond donors (Lipinski definition) is 1. The van der Waals surface area contributed by atoms with Gasteiger partial charge in [0.2, 0.25) is 0 Å². The van der Waals surface area contributed by atoms with Crippen LogP contribution in [0, 0.1) is 10.1 Å². The number of nitrogens with zero attached hydrogens (tertiary/aromatic N) is 1. The van der Waals surface area contributed by atoms with Crippen LogP contribution in [0.1, 0.15) is 5.56 Å². The van der Waals surface area contributed by atoms with Crippen molar-refractivity contribution in [1.29, 1.82) is 0 Å². The zero-order valence-corrected chi connectivity index (χ0v) is 10.8. The van der Waals surface area contributed by atoms with Crippen molar-refractivity contribution in [2.75, 3.05) is 5.32 Å². The van der Waals surface area contributed by atoms with Gasteiger partial charge in [0.05, 0.1) is 4.92 Å². The van der Waals surface area contributed by atoms with Crippen molar-refractivity contribution in [2.45, 2.75) is 13.2 Å². The molecule has 0 unspecified atom stereocenters. The lowest BCUT2D eigenvalue weighted by Gasteiger charge is -2.08. The number of nitro benzene ring substituents is 1. The summed E-state index contributed by atoms with van der Waals surface area (Å²) >= 11 is 0. The van der Waals surface area contributed by atoms with Crippen LogP contribution in [-0.2, 0) is 6.54 Å². The van der Waals surface area contributed by atoms with E-state index in [1.807, 2.05) is 0 Å². The number of hydrogen-bond acceptors (Lipinski definition) is 4. The molecule has 0 saturated heterocycles. The zero-order chi connectivity index (χ0) is 15.2. The molecule has 1 N–H and O–H groups in total. The molecule has 0 aliphatic rings. The lowest BCUT2D eigenvalue weighted by atomic mass is 10.2. The number of anilines is 1. The number of nitro groups is 1. The fraction of sp³-hybridized carbons (Fsp3) is 0.143. The van der Waals surface area contributed by atoms with Crippen LogP contribution in [0.15, 0.2) is 48.5 Å². The summed E-state index contributed by atoms with van der Waals surface area (Å²) < 4.78 is 28.2. The van der Waals surface area contributed by atoms with Gasteiger partial charge in [0.25, 0.3) is 5.69 Å². The highest BCUT2D eigenvalue weighted by atomic mass is 19.3. The quantitative estimate of drug-likeness (QED) is 0.650. The molecule has 0 spiro atoms. The molecule has 0 fully saturated rings. The Morgan fingerprint density at radius 1 is 1.10 bits per heavy atom. The van der Waals surface area contributed by atoms with Gasteiger partial charge in [0, 0.05) is 24.4 Å². The van der Waals surface area contributed by atoms with E-state index in [2.05, 4.69) is 10.1 Å². The van der Waals surface area contributed by atoms with Gasteiger partial charge in [-0.05, 0) is 29.8 Å². The summed E-state index contributed by atoms with van der Waals surface area (Å²) in [4.78, 5) is 10.1. The Bertz CT molecular complexity index is 601. The van der Waals surface area contributed by atoms with Crippen molar-refractivity contribution in [2.24, 2.45) is 0 Å². The second kappa shape index (κ2) is 6.65. The molecule has 2 aromatic carbocycles. The Balaban J connectivity index is 1.91. The lowest BCUT2D eigenvalue weighted by Crippen LogP contribution is -2.03. The van der Waals surface area contributed by atoms with Crippen LogP contribution in [-0.4, -0.2) is 11.5 Å². The molecule has 2 rings (SSSR count). The summed E-state index contributed by atoms with van der Waals surface area (Å²) in [7, 11) is 0. The van der Waals surface area contributed by atoms with Crippen LogP contribution in [0.5, 0.6) is 5.75 Å². The summed E-state index contributed by atoms with van der Waals surface area (Å²) in [6, 6.07) is 12.3. The van der Waals surface area contributed by atoms with Gasteiger partial charge in [-0.2, -0.15) is 8.78 Å². The summed E-state index contributed by atoms with van der Waals surface area (Å²) in [6.07, 6.45) is 0. The van der Waals surface area contributed by atoms with Gasteiger partial charge in [-0.25, -0.2) is 0 Å². The number of non-ortho nitro benzene ring substituents is 1. The van der Waals surface area contributed by atoms with Crippen molar-refractivity contribution in [3.8, 4) is 5.75 Å². The van der Waals surface area contributed by atoms with E-state index in [9.17, 15) is 18.9 Å². The highest BCUT2D eigenvalue weighted by Crippen LogP contribution is 2.18. The largest absolute Gasteiger partial charge is 0.435 e. The van der Waals surface area contributed by atoms with Crippen LogP contribution in [0.3, 0.4) is 0 Å². The Kier molecular flexibility index (Phi) is 4.65. The first-order valence-electron chi connectivity index (χ1n) is 6.06. The van der Waals surface area contributed by atoms with E-state index in [0.717, 1.165) is 11.3 Å².